The Hall–Kier alpha value is -3.46. The number of nitriles is 1. The first-order chi connectivity index (χ1) is 13.6. The minimum Gasteiger partial charge on any atom is -0.344 e. The lowest BCUT2D eigenvalue weighted by Gasteiger charge is -2.14. The second kappa shape index (κ2) is 7.28. The maximum absolute atomic E-state index is 13.3. The summed E-state index contributed by atoms with van der Waals surface area (Å²) in [6, 6.07) is 15.1. The molecule has 2 aromatic carbocycles. The molecule has 3 aromatic rings. The molecule has 1 aliphatic carbocycles. The lowest BCUT2D eigenvalue weighted by molar-refractivity contribution is 0.0933. The van der Waals surface area contributed by atoms with Crippen LogP contribution in [-0.2, 0) is 12.8 Å². The van der Waals surface area contributed by atoms with Crippen LogP contribution in [0.2, 0.25) is 0 Å². The fourth-order valence-corrected chi connectivity index (χ4v) is 3.61. The molecule has 0 bridgehead atoms. The Morgan fingerprint density at radius 1 is 1.18 bits per heavy atom. The van der Waals surface area contributed by atoms with Gasteiger partial charge in [0.15, 0.2) is 5.69 Å². The van der Waals surface area contributed by atoms with Gasteiger partial charge in [0.2, 0.25) is 0 Å². The summed E-state index contributed by atoms with van der Waals surface area (Å²) in [5.74, 6) is -0.530. The van der Waals surface area contributed by atoms with Crippen molar-refractivity contribution in [3.05, 3.63) is 82.4 Å². The molecular formula is C22H19FN4O. The summed E-state index contributed by atoms with van der Waals surface area (Å²) < 4.78 is 15.0. The molecule has 0 fully saturated rings. The molecule has 0 spiro atoms. The smallest absolute Gasteiger partial charge is 0.272 e. The predicted octanol–water partition coefficient (Wildman–Crippen LogP) is 3.86. The van der Waals surface area contributed by atoms with Gasteiger partial charge in [-0.15, -0.1) is 0 Å². The minimum atomic E-state index is -0.304. The van der Waals surface area contributed by atoms with Crippen LogP contribution < -0.4 is 5.32 Å². The molecule has 1 N–H and O–H groups in total. The predicted molar refractivity (Wildman–Crippen MR) is 103 cm³/mol. The molecule has 0 saturated heterocycles. The van der Waals surface area contributed by atoms with Crippen molar-refractivity contribution in [3.63, 3.8) is 0 Å². The van der Waals surface area contributed by atoms with E-state index in [4.69, 9.17) is 5.26 Å². The maximum Gasteiger partial charge on any atom is 0.272 e. The highest BCUT2D eigenvalue weighted by atomic mass is 19.1. The molecule has 28 heavy (non-hydrogen) atoms. The molecule has 1 atom stereocenters. The van der Waals surface area contributed by atoms with Crippen molar-refractivity contribution >= 4 is 5.91 Å². The molecule has 6 heteroatoms. The van der Waals surface area contributed by atoms with Gasteiger partial charge in [0.25, 0.3) is 5.91 Å². The van der Waals surface area contributed by atoms with Crippen molar-refractivity contribution < 1.29 is 9.18 Å². The van der Waals surface area contributed by atoms with Crippen molar-refractivity contribution in [3.8, 4) is 11.8 Å². The van der Waals surface area contributed by atoms with Crippen molar-refractivity contribution in [1.82, 2.24) is 15.1 Å². The highest BCUT2D eigenvalue weighted by molar-refractivity contribution is 5.94. The monoisotopic (exact) mass is 374 g/mol. The summed E-state index contributed by atoms with van der Waals surface area (Å²) in [4.78, 5) is 12.9. The first-order valence-corrected chi connectivity index (χ1v) is 9.24. The third-order valence-corrected chi connectivity index (χ3v) is 5.10. The van der Waals surface area contributed by atoms with Crippen LogP contribution in [0.3, 0.4) is 0 Å². The summed E-state index contributed by atoms with van der Waals surface area (Å²) in [6.45, 7) is 1.90. The average molecular weight is 374 g/mol. The Bertz CT molecular complexity index is 1060. The van der Waals surface area contributed by atoms with Gasteiger partial charge >= 0.3 is 0 Å². The normalized spacial score (nSPS) is 13.6. The fourth-order valence-electron chi connectivity index (χ4n) is 3.61. The third-order valence-electron chi connectivity index (χ3n) is 5.10. The molecule has 0 radical (unpaired) electrons. The minimum absolute atomic E-state index is 0.215. The Morgan fingerprint density at radius 2 is 1.89 bits per heavy atom. The summed E-state index contributed by atoms with van der Waals surface area (Å²) >= 11 is 0. The molecular weight excluding hydrogens is 355 g/mol. The Balaban J connectivity index is 1.60. The highest BCUT2D eigenvalue weighted by Gasteiger charge is 2.27. The average Bonchev–Trinajstić information content (AvgIpc) is 3.31. The van der Waals surface area contributed by atoms with Crippen molar-refractivity contribution in [2.45, 2.75) is 32.2 Å². The number of carbonyl (C=O) groups is 1. The number of hydrogen-bond acceptors (Lipinski definition) is 3. The molecule has 1 unspecified atom stereocenters. The summed E-state index contributed by atoms with van der Waals surface area (Å²) in [5.41, 5.74) is 4.66. The SMILES string of the molecule is CC(NC(=O)c1nn(-c2ccc(F)cc2)c2c1CCC2)c1ccc(C#N)cc1. The van der Waals surface area contributed by atoms with E-state index < -0.39 is 0 Å². The topological polar surface area (TPSA) is 70.7 Å². The molecule has 1 aliphatic rings. The van der Waals surface area contributed by atoms with Gasteiger partial charge < -0.3 is 5.32 Å². The lowest BCUT2D eigenvalue weighted by atomic mass is 10.1. The standard InChI is InChI=1S/C22H19FN4O/c1-14(16-7-5-15(13-24)6-8-16)25-22(28)21-19-3-2-4-20(19)27(26-21)18-11-9-17(23)10-12-18/h5-12,14H,2-4H2,1H3,(H,25,28). The van der Waals surface area contributed by atoms with Crippen LogP contribution in [0.1, 0.15) is 52.3 Å². The van der Waals surface area contributed by atoms with Crippen LogP contribution in [0.25, 0.3) is 5.69 Å². The molecule has 1 aromatic heterocycles. The van der Waals surface area contributed by atoms with Gasteiger partial charge in [0.05, 0.1) is 23.4 Å². The van der Waals surface area contributed by atoms with Gasteiger partial charge in [-0.3, -0.25) is 4.79 Å². The van der Waals surface area contributed by atoms with Gasteiger partial charge in [0, 0.05) is 11.3 Å². The van der Waals surface area contributed by atoms with Crippen LogP contribution in [0.4, 0.5) is 4.39 Å². The quantitative estimate of drug-likeness (QED) is 0.754. The van der Waals surface area contributed by atoms with Crippen LogP contribution in [0, 0.1) is 17.1 Å². The maximum atomic E-state index is 13.3. The van der Waals surface area contributed by atoms with Crippen molar-refractivity contribution in [1.29, 1.82) is 5.26 Å². The highest BCUT2D eigenvalue weighted by Crippen LogP contribution is 2.28. The van der Waals surface area contributed by atoms with E-state index in [9.17, 15) is 9.18 Å². The fraction of sp³-hybridized carbons (Fsp3) is 0.227. The number of hydrogen-bond donors (Lipinski definition) is 1. The van der Waals surface area contributed by atoms with Crippen LogP contribution in [-0.4, -0.2) is 15.7 Å². The van der Waals surface area contributed by atoms with Gasteiger partial charge in [-0.2, -0.15) is 10.4 Å². The first kappa shape index (κ1) is 17.9. The number of carbonyl (C=O) groups excluding carboxylic acids is 1. The van der Waals surface area contributed by atoms with E-state index in [1.807, 2.05) is 19.1 Å². The van der Waals surface area contributed by atoms with Crippen LogP contribution >= 0.6 is 0 Å². The van der Waals surface area contributed by atoms with Gasteiger partial charge in [-0.25, -0.2) is 9.07 Å². The number of benzene rings is 2. The molecule has 0 aliphatic heterocycles. The molecule has 5 nitrogen and oxygen atoms in total. The number of aromatic nitrogens is 2. The van der Waals surface area contributed by atoms with Gasteiger partial charge in [-0.05, 0) is 68.1 Å². The summed E-state index contributed by atoms with van der Waals surface area (Å²) in [5, 5.41) is 16.5. The Kier molecular flexibility index (Phi) is 4.66. The van der Waals surface area contributed by atoms with E-state index in [1.165, 1.54) is 12.1 Å². The Labute approximate surface area is 162 Å². The number of halogens is 1. The molecule has 140 valence electrons. The Morgan fingerprint density at radius 3 is 2.57 bits per heavy atom. The van der Waals surface area contributed by atoms with Gasteiger partial charge in [-0.1, -0.05) is 12.1 Å². The lowest BCUT2D eigenvalue weighted by Crippen LogP contribution is -2.28. The molecule has 1 amide bonds. The van der Waals surface area contributed by atoms with Gasteiger partial charge in [0.1, 0.15) is 5.82 Å². The van der Waals surface area contributed by atoms with E-state index in [-0.39, 0.29) is 17.8 Å². The van der Waals surface area contributed by atoms with E-state index in [1.54, 1.807) is 28.9 Å². The number of nitrogens with zero attached hydrogens (tertiary/aromatic N) is 3. The largest absolute Gasteiger partial charge is 0.344 e. The van der Waals surface area contributed by atoms with Crippen molar-refractivity contribution in [2.24, 2.45) is 0 Å². The molecule has 1 heterocycles. The zero-order valence-corrected chi connectivity index (χ0v) is 15.4. The number of nitrogens with one attached hydrogen (secondary N) is 1. The van der Waals surface area contributed by atoms with E-state index in [0.717, 1.165) is 41.8 Å². The van der Waals surface area contributed by atoms with Crippen LogP contribution in [0.5, 0.6) is 0 Å². The summed E-state index contributed by atoms with van der Waals surface area (Å²) in [6.07, 6.45) is 2.63. The third kappa shape index (κ3) is 3.27. The molecule has 0 saturated carbocycles. The first-order valence-electron chi connectivity index (χ1n) is 9.24. The summed E-state index contributed by atoms with van der Waals surface area (Å²) in [7, 11) is 0. The van der Waals surface area contributed by atoms with E-state index >= 15 is 0 Å². The van der Waals surface area contributed by atoms with E-state index in [2.05, 4.69) is 16.5 Å². The van der Waals surface area contributed by atoms with E-state index in [0.29, 0.717) is 11.3 Å². The second-order valence-corrected chi connectivity index (χ2v) is 6.94. The second-order valence-electron chi connectivity index (χ2n) is 6.94. The number of rotatable bonds is 4. The molecule has 4 rings (SSSR count). The zero-order chi connectivity index (χ0) is 19.7. The zero-order valence-electron chi connectivity index (χ0n) is 15.4. The van der Waals surface area contributed by atoms with Crippen LogP contribution in [0.15, 0.2) is 48.5 Å². The van der Waals surface area contributed by atoms with Crippen molar-refractivity contribution in [2.75, 3.05) is 0 Å². The number of amides is 1. The number of fused-ring (bicyclic) bond motifs is 1.